The lowest BCUT2D eigenvalue weighted by molar-refractivity contribution is 0.0467. The van der Waals surface area contributed by atoms with Crippen LogP contribution in [-0.2, 0) is 11.3 Å². The van der Waals surface area contributed by atoms with Gasteiger partial charge in [-0.15, -0.1) is 11.3 Å². The van der Waals surface area contributed by atoms with Crippen molar-refractivity contribution < 1.29 is 19.0 Å². The zero-order valence-corrected chi connectivity index (χ0v) is 14.2. The van der Waals surface area contributed by atoms with Crippen LogP contribution in [0.4, 0.5) is 0 Å². The highest BCUT2D eigenvalue weighted by molar-refractivity contribution is 7.14. The maximum Gasteiger partial charge on any atom is 0.338 e. The van der Waals surface area contributed by atoms with Gasteiger partial charge in [-0.05, 0) is 29.6 Å². The Labute approximate surface area is 146 Å². The van der Waals surface area contributed by atoms with E-state index in [0.29, 0.717) is 30.3 Å². The van der Waals surface area contributed by atoms with E-state index in [9.17, 15) is 4.79 Å². The standard InChI is InChI=1S/C17H13NO4S2/c19-17(11-1-2-14-15(7-11)21-5-4-20-14)22-8-13-10-24-16(18-13)12-3-6-23-9-12/h1-3,6-7,9-10H,4-5,8H2. The Hall–Kier alpha value is -2.38. The van der Waals surface area contributed by atoms with Gasteiger partial charge in [-0.1, -0.05) is 0 Å². The van der Waals surface area contributed by atoms with Crippen LogP contribution in [0.25, 0.3) is 10.6 Å². The number of carbonyl (C=O) groups excluding carboxylic acids is 1. The maximum atomic E-state index is 12.2. The number of hydrogen-bond acceptors (Lipinski definition) is 7. The van der Waals surface area contributed by atoms with Crippen LogP contribution in [0.1, 0.15) is 16.1 Å². The molecule has 1 aliphatic rings. The van der Waals surface area contributed by atoms with Gasteiger partial charge in [0.05, 0.1) is 11.3 Å². The maximum absolute atomic E-state index is 12.2. The summed E-state index contributed by atoms with van der Waals surface area (Å²) in [5.74, 6) is 0.818. The van der Waals surface area contributed by atoms with E-state index in [4.69, 9.17) is 14.2 Å². The molecule has 3 heterocycles. The molecule has 0 spiro atoms. The second-order valence-electron chi connectivity index (χ2n) is 5.09. The zero-order valence-electron chi connectivity index (χ0n) is 12.6. The fourth-order valence-electron chi connectivity index (χ4n) is 2.29. The molecular formula is C17H13NO4S2. The number of ether oxygens (including phenoxy) is 3. The molecule has 0 bridgehead atoms. The number of nitrogens with zero attached hydrogens (tertiary/aromatic N) is 1. The summed E-state index contributed by atoms with van der Waals surface area (Å²) in [5, 5.41) is 6.90. The van der Waals surface area contributed by atoms with Crippen molar-refractivity contribution >= 4 is 28.6 Å². The van der Waals surface area contributed by atoms with E-state index in [1.54, 1.807) is 40.9 Å². The first-order valence-corrected chi connectivity index (χ1v) is 9.15. The largest absolute Gasteiger partial charge is 0.486 e. The predicted molar refractivity (Wildman–Crippen MR) is 92.0 cm³/mol. The fourth-order valence-corrected chi connectivity index (χ4v) is 3.80. The minimum Gasteiger partial charge on any atom is -0.486 e. The SMILES string of the molecule is O=C(OCc1csc(-c2ccsc2)n1)c1ccc2c(c1)OCCO2. The number of esters is 1. The first-order chi connectivity index (χ1) is 11.8. The van der Waals surface area contributed by atoms with Gasteiger partial charge in [0.1, 0.15) is 24.8 Å². The normalized spacial score (nSPS) is 12.8. The molecule has 24 heavy (non-hydrogen) atoms. The number of thiophene rings is 1. The molecule has 0 saturated heterocycles. The second kappa shape index (κ2) is 6.62. The highest BCUT2D eigenvalue weighted by Gasteiger charge is 2.16. The second-order valence-corrected chi connectivity index (χ2v) is 6.73. The van der Waals surface area contributed by atoms with Gasteiger partial charge >= 0.3 is 5.97 Å². The van der Waals surface area contributed by atoms with Crippen LogP contribution in [0.15, 0.2) is 40.4 Å². The molecule has 4 rings (SSSR count). The van der Waals surface area contributed by atoms with Crippen molar-refractivity contribution in [3.63, 3.8) is 0 Å². The average Bonchev–Trinajstić information content (AvgIpc) is 3.30. The molecule has 1 aromatic carbocycles. The number of rotatable bonds is 4. The number of aromatic nitrogens is 1. The summed E-state index contributed by atoms with van der Waals surface area (Å²) in [6.07, 6.45) is 0. The lowest BCUT2D eigenvalue weighted by Crippen LogP contribution is -2.16. The zero-order chi connectivity index (χ0) is 16.4. The van der Waals surface area contributed by atoms with E-state index in [1.807, 2.05) is 22.2 Å². The van der Waals surface area contributed by atoms with Gasteiger partial charge in [0.25, 0.3) is 0 Å². The van der Waals surface area contributed by atoms with E-state index >= 15 is 0 Å². The van der Waals surface area contributed by atoms with Crippen molar-refractivity contribution in [2.24, 2.45) is 0 Å². The van der Waals surface area contributed by atoms with E-state index in [0.717, 1.165) is 16.3 Å². The number of benzene rings is 1. The van der Waals surface area contributed by atoms with Crippen molar-refractivity contribution in [2.45, 2.75) is 6.61 Å². The summed E-state index contributed by atoms with van der Waals surface area (Å²) >= 11 is 3.17. The first kappa shape index (κ1) is 15.2. The van der Waals surface area contributed by atoms with Crippen molar-refractivity contribution in [3.8, 4) is 22.1 Å². The quantitative estimate of drug-likeness (QED) is 0.659. The molecule has 3 aromatic rings. The van der Waals surface area contributed by atoms with Crippen molar-refractivity contribution in [1.29, 1.82) is 0 Å². The Morgan fingerprint density at radius 1 is 1.17 bits per heavy atom. The van der Waals surface area contributed by atoms with Gasteiger partial charge in [0.2, 0.25) is 0 Å². The molecule has 0 unspecified atom stereocenters. The van der Waals surface area contributed by atoms with Crippen LogP contribution in [0.2, 0.25) is 0 Å². The Balaban J connectivity index is 1.41. The molecule has 0 amide bonds. The molecule has 2 aromatic heterocycles. The molecule has 0 saturated carbocycles. The highest BCUT2D eigenvalue weighted by Crippen LogP contribution is 2.31. The molecule has 122 valence electrons. The minimum absolute atomic E-state index is 0.147. The third kappa shape index (κ3) is 3.13. The molecule has 0 N–H and O–H groups in total. The van der Waals surface area contributed by atoms with Gasteiger partial charge in [-0.3, -0.25) is 0 Å². The van der Waals surface area contributed by atoms with E-state index < -0.39 is 5.97 Å². The summed E-state index contributed by atoms with van der Waals surface area (Å²) in [6, 6.07) is 7.07. The first-order valence-electron chi connectivity index (χ1n) is 7.33. The summed E-state index contributed by atoms with van der Waals surface area (Å²) < 4.78 is 16.3. The number of thiazole rings is 1. The summed E-state index contributed by atoms with van der Waals surface area (Å²) in [7, 11) is 0. The van der Waals surface area contributed by atoms with Crippen LogP contribution in [-0.4, -0.2) is 24.2 Å². The van der Waals surface area contributed by atoms with Crippen LogP contribution in [0.3, 0.4) is 0 Å². The molecular weight excluding hydrogens is 346 g/mol. The summed E-state index contributed by atoms with van der Waals surface area (Å²) in [4.78, 5) is 16.7. The van der Waals surface area contributed by atoms with Gasteiger partial charge in [-0.25, -0.2) is 9.78 Å². The van der Waals surface area contributed by atoms with Gasteiger partial charge in [0.15, 0.2) is 11.5 Å². The van der Waals surface area contributed by atoms with Crippen LogP contribution >= 0.6 is 22.7 Å². The Bertz CT molecular complexity index is 857. The third-order valence-corrected chi connectivity index (χ3v) is 5.07. The minimum atomic E-state index is -0.406. The molecule has 5 nitrogen and oxygen atoms in total. The summed E-state index contributed by atoms with van der Waals surface area (Å²) in [6.45, 7) is 1.15. The lowest BCUT2D eigenvalue weighted by Gasteiger charge is -2.18. The average molecular weight is 359 g/mol. The molecule has 0 fully saturated rings. The van der Waals surface area contributed by atoms with Crippen molar-refractivity contribution in [1.82, 2.24) is 4.98 Å². The predicted octanol–water partition coefficient (Wildman–Crippen LogP) is 4.00. The monoisotopic (exact) mass is 359 g/mol. The Morgan fingerprint density at radius 2 is 2.04 bits per heavy atom. The number of fused-ring (bicyclic) bond motifs is 1. The van der Waals surface area contributed by atoms with Gasteiger partial charge in [0, 0.05) is 16.3 Å². The van der Waals surface area contributed by atoms with Crippen LogP contribution in [0.5, 0.6) is 11.5 Å². The van der Waals surface area contributed by atoms with Crippen molar-refractivity contribution in [2.75, 3.05) is 13.2 Å². The molecule has 1 aliphatic heterocycles. The Morgan fingerprint density at radius 3 is 2.88 bits per heavy atom. The molecule has 7 heteroatoms. The lowest BCUT2D eigenvalue weighted by atomic mass is 10.2. The fraction of sp³-hybridized carbons (Fsp3) is 0.176. The molecule has 0 atom stereocenters. The number of hydrogen-bond donors (Lipinski definition) is 0. The Kier molecular flexibility index (Phi) is 4.18. The number of carbonyl (C=O) groups is 1. The smallest absolute Gasteiger partial charge is 0.338 e. The molecule has 0 aliphatic carbocycles. The topological polar surface area (TPSA) is 57.7 Å². The van der Waals surface area contributed by atoms with E-state index in [2.05, 4.69) is 4.98 Å². The molecule has 0 radical (unpaired) electrons. The van der Waals surface area contributed by atoms with Crippen LogP contribution < -0.4 is 9.47 Å². The van der Waals surface area contributed by atoms with E-state index in [1.165, 1.54) is 0 Å². The van der Waals surface area contributed by atoms with Gasteiger partial charge in [-0.2, -0.15) is 11.3 Å². The van der Waals surface area contributed by atoms with Crippen LogP contribution in [0, 0.1) is 0 Å². The summed E-state index contributed by atoms with van der Waals surface area (Å²) in [5.41, 5.74) is 2.27. The highest BCUT2D eigenvalue weighted by atomic mass is 32.1. The third-order valence-electron chi connectivity index (χ3n) is 3.45. The van der Waals surface area contributed by atoms with E-state index in [-0.39, 0.29) is 6.61 Å². The van der Waals surface area contributed by atoms with Gasteiger partial charge < -0.3 is 14.2 Å². The van der Waals surface area contributed by atoms with Crippen molar-refractivity contribution in [3.05, 3.63) is 51.7 Å².